The smallest absolute Gasteiger partial charge is 0.407 e. The number of carbonyl (C=O) groups excluding carboxylic acids is 1. The molecule has 1 fully saturated rings. The Morgan fingerprint density at radius 1 is 1.50 bits per heavy atom. The molecule has 0 saturated carbocycles. The average Bonchev–Trinajstić information content (AvgIpc) is 2.25. The molecule has 16 heavy (non-hydrogen) atoms. The van der Waals surface area contributed by atoms with E-state index in [1.165, 1.54) is 0 Å². The van der Waals surface area contributed by atoms with E-state index in [-0.39, 0.29) is 19.8 Å². The highest BCUT2D eigenvalue weighted by atomic mass is 16.6. The van der Waals surface area contributed by atoms with E-state index in [2.05, 4.69) is 10.1 Å². The molecule has 1 aliphatic rings. The lowest BCUT2D eigenvalue weighted by atomic mass is 9.99. The van der Waals surface area contributed by atoms with Crippen LogP contribution in [0, 0.1) is 0 Å². The fraction of sp³-hybridized carbons (Fsp3) is 0.889. The molecule has 0 aromatic heterocycles. The number of nitrogens with one attached hydrogen (secondary N) is 1. The second-order valence-corrected chi connectivity index (χ2v) is 3.51. The normalized spacial score (nSPS) is 34.5. The molecular formula is C9H17NO6. The van der Waals surface area contributed by atoms with Gasteiger partial charge in [0.25, 0.3) is 0 Å². The molecule has 7 nitrogen and oxygen atoms in total. The lowest BCUT2D eigenvalue weighted by Crippen LogP contribution is -2.60. The first-order valence-electron chi connectivity index (χ1n) is 5.12. The summed E-state index contributed by atoms with van der Waals surface area (Å²) in [6.45, 7) is 1.51. The van der Waals surface area contributed by atoms with Crippen LogP contribution in [-0.4, -0.2) is 65.6 Å². The predicted octanol–water partition coefficient (Wildman–Crippen LogP) is -1.79. The molecule has 0 radical (unpaired) electrons. The first-order valence-corrected chi connectivity index (χ1v) is 5.12. The van der Waals surface area contributed by atoms with Gasteiger partial charge in [-0.25, -0.2) is 4.79 Å². The van der Waals surface area contributed by atoms with Crippen LogP contribution in [0.3, 0.4) is 0 Å². The third-order valence-corrected chi connectivity index (χ3v) is 2.39. The second kappa shape index (κ2) is 6.00. The topological polar surface area (TPSA) is 108 Å². The maximum Gasteiger partial charge on any atom is 0.407 e. The zero-order valence-electron chi connectivity index (χ0n) is 9.00. The Bertz CT molecular complexity index is 236. The van der Waals surface area contributed by atoms with Crippen LogP contribution in [0.25, 0.3) is 0 Å². The van der Waals surface area contributed by atoms with Crippen molar-refractivity contribution in [3.63, 3.8) is 0 Å². The number of carbonyl (C=O) groups is 1. The van der Waals surface area contributed by atoms with E-state index in [1.807, 2.05) is 0 Å². The number of alkyl carbamates (subject to hydrolysis) is 1. The van der Waals surface area contributed by atoms with Gasteiger partial charge in [0.2, 0.25) is 0 Å². The standard InChI is InChI=1S/C9H17NO6/c1-2-15-9(14)10-5-4-16-6(3-11)8(13)7(5)12/h5-8,11-13H,2-4H2,1H3,(H,10,14)/t5-,6?,7?,8?/m0/s1. The lowest BCUT2D eigenvalue weighted by Gasteiger charge is -2.36. The van der Waals surface area contributed by atoms with Crippen molar-refractivity contribution in [1.82, 2.24) is 5.32 Å². The summed E-state index contributed by atoms with van der Waals surface area (Å²) in [6.07, 6.45) is -3.92. The number of hydrogen-bond acceptors (Lipinski definition) is 6. The van der Waals surface area contributed by atoms with Crippen molar-refractivity contribution in [1.29, 1.82) is 0 Å². The monoisotopic (exact) mass is 235 g/mol. The highest BCUT2D eigenvalue weighted by Crippen LogP contribution is 2.15. The minimum atomic E-state index is -1.23. The third-order valence-electron chi connectivity index (χ3n) is 2.39. The van der Waals surface area contributed by atoms with Crippen LogP contribution in [0.1, 0.15) is 6.92 Å². The highest BCUT2D eigenvalue weighted by Gasteiger charge is 2.38. The first-order chi connectivity index (χ1) is 7.60. The molecule has 3 unspecified atom stereocenters. The fourth-order valence-electron chi connectivity index (χ4n) is 1.49. The van der Waals surface area contributed by atoms with Gasteiger partial charge in [0.1, 0.15) is 18.3 Å². The molecule has 1 heterocycles. The van der Waals surface area contributed by atoms with Crippen LogP contribution in [0.4, 0.5) is 4.79 Å². The molecule has 4 N–H and O–H groups in total. The minimum Gasteiger partial charge on any atom is -0.450 e. The van der Waals surface area contributed by atoms with Gasteiger partial charge < -0.3 is 30.1 Å². The van der Waals surface area contributed by atoms with Crippen molar-refractivity contribution >= 4 is 6.09 Å². The molecule has 0 aromatic carbocycles. The van der Waals surface area contributed by atoms with Crippen LogP contribution in [0.5, 0.6) is 0 Å². The Labute approximate surface area is 93.0 Å². The summed E-state index contributed by atoms with van der Waals surface area (Å²) in [4.78, 5) is 11.1. The quantitative estimate of drug-likeness (QED) is 0.460. The zero-order valence-corrected chi connectivity index (χ0v) is 9.00. The minimum absolute atomic E-state index is 0.0161. The van der Waals surface area contributed by atoms with E-state index in [4.69, 9.17) is 9.84 Å². The van der Waals surface area contributed by atoms with Crippen molar-refractivity contribution in [2.24, 2.45) is 0 Å². The Kier molecular flexibility index (Phi) is 4.94. The average molecular weight is 235 g/mol. The van der Waals surface area contributed by atoms with Crippen molar-refractivity contribution in [3.8, 4) is 0 Å². The van der Waals surface area contributed by atoms with Gasteiger partial charge in [0.15, 0.2) is 0 Å². The van der Waals surface area contributed by atoms with Crippen molar-refractivity contribution < 1.29 is 29.6 Å². The summed E-state index contributed by atoms with van der Waals surface area (Å²) < 4.78 is 9.70. The van der Waals surface area contributed by atoms with Crippen LogP contribution in [0.2, 0.25) is 0 Å². The number of hydrogen-bond donors (Lipinski definition) is 4. The predicted molar refractivity (Wildman–Crippen MR) is 52.8 cm³/mol. The molecule has 1 amide bonds. The van der Waals surface area contributed by atoms with Gasteiger partial charge in [-0.2, -0.15) is 0 Å². The number of rotatable bonds is 3. The number of aliphatic hydroxyl groups is 3. The molecular weight excluding hydrogens is 218 g/mol. The van der Waals surface area contributed by atoms with Crippen molar-refractivity contribution in [2.45, 2.75) is 31.3 Å². The fourth-order valence-corrected chi connectivity index (χ4v) is 1.49. The van der Waals surface area contributed by atoms with E-state index in [0.29, 0.717) is 0 Å². The van der Waals surface area contributed by atoms with Gasteiger partial charge in [-0.1, -0.05) is 0 Å². The third kappa shape index (κ3) is 3.05. The first kappa shape index (κ1) is 13.2. The van der Waals surface area contributed by atoms with Crippen LogP contribution in [-0.2, 0) is 9.47 Å². The molecule has 0 aromatic rings. The van der Waals surface area contributed by atoms with Gasteiger partial charge in [-0.05, 0) is 6.92 Å². The summed E-state index contributed by atoms with van der Waals surface area (Å²) in [5, 5.41) is 30.4. The number of amides is 1. The highest BCUT2D eigenvalue weighted by molar-refractivity contribution is 5.67. The van der Waals surface area contributed by atoms with Gasteiger partial charge in [0.05, 0.1) is 25.9 Å². The van der Waals surface area contributed by atoms with Crippen molar-refractivity contribution in [3.05, 3.63) is 0 Å². The van der Waals surface area contributed by atoms with Crippen molar-refractivity contribution in [2.75, 3.05) is 19.8 Å². The largest absolute Gasteiger partial charge is 0.450 e. The molecule has 1 aliphatic heterocycles. The molecule has 94 valence electrons. The number of aliphatic hydroxyl groups excluding tert-OH is 3. The van der Waals surface area contributed by atoms with Crippen LogP contribution in [0.15, 0.2) is 0 Å². The maximum absolute atomic E-state index is 11.1. The SMILES string of the molecule is CCOC(=O)N[C@H]1COC(CO)C(O)C1O. The van der Waals surface area contributed by atoms with E-state index in [0.717, 1.165) is 0 Å². The Morgan fingerprint density at radius 2 is 2.19 bits per heavy atom. The molecule has 1 rings (SSSR count). The molecule has 0 bridgehead atoms. The van der Waals surface area contributed by atoms with E-state index < -0.39 is 30.4 Å². The van der Waals surface area contributed by atoms with Crippen LogP contribution >= 0.6 is 0 Å². The van der Waals surface area contributed by atoms with Gasteiger partial charge in [-0.15, -0.1) is 0 Å². The molecule has 0 spiro atoms. The Hall–Kier alpha value is -0.890. The molecule has 1 saturated heterocycles. The van der Waals surface area contributed by atoms with E-state index >= 15 is 0 Å². The summed E-state index contributed by atoms with van der Waals surface area (Å²) in [7, 11) is 0. The molecule has 4 atom stereocenters. The number of ether oxygens (including phenoxy) is 2. The van der Waals surface area contributed by atoms with Gasteiger partial charge in [-0.3, -0.25) is 0 Å². The second-order valence-electron chi connectivity index (χ2n) is 3.51. The Morgan fingerprint density at radius 3 is 2.75 bits per heavy atom. The summed E-state index contributed by atoms with van der Waals surface area (Å²) in [6, 6.07) is -0.739. The van der Waals surface area contributed by atoms with Gasteiger partial charge in [0, 0.05) is 0 Å². The summed E-state index contributed by atoms with van der Waals surface area (Å²) >= 11 is 0. The van der Waals surface area contributed by atoms with Crippen LogP contribution < -0.4 is 5.32 Å². The zero-order chi connectivity index (χ0) is 12.1. The van der Waals surface area contributed by atoms with Gasteiger partial charge >= 0.3 is 6.09 Å². The molecule has 7 heteroatoms. The summed E-state index contributed by atoms with van der Waals surface area (Å²) in [5.41, 5.74) is 0. The van der Waals surface area contributed by atoms with E-state index in [1.54, 1.807) is 6.92 Å². The Balaban J connectivity index is 2.48. The van der Waals surface area contributed by atoms with E-state index in [9.17, 15) is 15.0 Å². The summed E-state index contributed by atoms with van der Waals surface area (Å²) in [5.74, 6) is 0. The maximum atomic E-state index is 11.1. The molecule has 0 aliphatic carbocycles. The lowest BCUT2D eigenvalue weighted by molar-refractivity contribution is -0.160.